The van der Waals surface area contributed by atoms with Gasteiger partial charge < -0.3 is 19.5 Å². The number of fused-ring (bicyclic) bond motifs is 1. The molecule has 0 spiro atoms. The van der Waals surface area contributed by atoms with Crippen LogP contribution in [0.4, 0.5) is 0 Å². The molecule has 4 rings (SSSR count). The van der Waals surface area contributed by atoms with Crippen LogP contribution in [0.2, 0.25) is 0 Å². The van der Waals surface area contributed by atoms with E-state index in [1.54, 1.807) is 20.3 Å². The third-order valence-electron chi connectivity index (χ3n) is 6.84. The fourth-order valence-electron chi connectivity index (χ4n) is 5.12. The Labute approximate surface area is 184 Å². The summed E-state index contributed by atoms with van der Waals surface area (Å²) in [5.41, 5.74) is 1.30. The van der Waals surface area contributed by atoms with Crippen LogP contribution in [-0.4, -0.2) is 42.3 Å². The minimum Gasteiger partial charge on any atom is -0.497 e. The van der Waals surface area contributed by atoms with Gasteiger partial charge in [0, 0.05) is 18.5 Å². The summed E-state index contributed by atoms with van der Waals surface area (Å²) in [6.45, 7) is 0.551. The lowest BCUT2D eigenvalue weighted by atomic mass is 9.66. The molecule has 1 aliphatic carbocycles. The van der Waals surface area contributed by atoms with Gasteiger partial charge in [0.05, 0.1) is 25.9 Å². The molecule has 1 heterocycles. The van der Waals surface area contributed by atoms with Gasteiger partial charge in [0.2, 0.25) is 5.91 Å². The van der Waals surface area contributed by atoms with Gasteiger partial charge in [-0.2, -0.15) is 0 Å². The minimum absolute atomic E-state index is 0.0238. The summed E-state index contributed by atoms with van der Waals surface area (Å²) in [4.78, 5) is 15.2. The van der Waals surface area contributed by atoms with E-state index in [-0.39, 0.29) is 17.9 Å². The molecular formula is C26H31NO4. The Morgan fingerprint density at radius 3 is 2.29 bits per heavy atom. The van der Waals surface area contributed by atoms with E-state index >= 15 is 0 Å². The van der Waals surface area contributed by atoms with E-state index < -0.39 is 5.60 Å². The molecule has 31 heavy (non-hydrogen) atoms. The van der Waals surface area contributed by atoms with Crippen molar-refractivity contribution in [1.29, 1.82) is 0 Å². The van der Waals surface area contributed by atoms with Crippen molar-refractivity contribution in [3.05, 3.63) is 65.7 Å². The zero-order chi connectivity index (χ0) is 21.8. The van der Waals surface area contributed by atoms with E-state index in [4.69, 9.17) is 9.47 Å². The van der Waals surface area contributed by atoms with Crippen LogP contribution in [0.15, 0.2) is 54.6 Å². The average molecular weight is 422 g/mol. The maximum atomic E-state index is 13.3. The molecule has 2 aromatic rings. The van der Waals surface area contributed by atoms with Crippen LogP contribution < -0.4 is 9.47 Å². The van der Waals surface area contributed by atoms with Crippen molar-refractivity contribution < 1.29 is 19.4 Å². The Morgan fingerprint density at radius 2 is 1.65 bits per heavy atom. The lowest BCUT2D eigenvalue weighted by Crippen LogP contribution is -2.56. The third-order valence-corrected chi connectivity index (χ3v) is 6.84. The molecule has 1 N–H and O–H groups in total. The van der Waals surface area contributed by atoms with Gasteiger partial charge in [-0.05, 0) is 60.7 Å². The fraction of sp³-hybridized carbons (Fsp3) is 0.423. The van der Waals surface area contributed by atoms with Gasteiger partial charge in [-0.3, -0.25) is 4.79 Å². The number of hydrogen-bond donors (Lipinski definition) is 1. The molecule has 3 atom stereocenters. The van der Waals surface area contributed by atoms with Crippen LogP contribution in [0.5, 0.6) is 11.5 Å². The van der Waals surface area contributed by atoms with Crippen LogP contribution in [-0.2, 0) is 4.79 Å². The highest BCUT2D eigenvalue weighted by Crippen LogP contribution is 2.49. The molecule has 5 nitrogen and oxygen atoms in total. The van der Waals surface area contributed by atoms with Gasteiger partial charge in [0.15, 0.2) is 0 Å². The molecular weight excluding hydrogens is 390 g/mol. The van der Waals surface area contributed by atoms with Crippen LogP contribution in [0.1, 0.15) is 49.3 Å². The highest BCUT2D eigenvalue weighted by molar-refractivity contribution is 5.92. The van der Waals surface area contributed by atoms with Crippen molar-refractivity contribution >= 4 is 12.0 Å². The van der Waals surface area contributed by atoms with Gasteiger partial charge in [-0.25, -0.2) is 0 Å². The van der Waals surface area contributed by atoms with Gasteiger partial charge in [-0.1, -0.05) is 37.1 Å². The summed E-state index contributed by atoms with van der Waals surface area (Å²) < 4.78 is 10.5. The number of aliphatic hydroxyl groups is 1. The van der Waals surface area contributed by atoms with E-state index in [2.05, 4.69) is 0 Å². The van der Waals surface area contributed by atoms with Gasteiger partial charge in [-0.15, -0.1) is 0 Å². The lowest BCUT2D eigenvalue weighted by Gasteiger charge is -2.52. The van der Waals surface area contributed by atoms with Crippen LogP contribution in [0, 0.1) is 5.92 Å². The van der Waals surface area contributed by atoms with E-state index in [1.165, 1.54) is 0 Å². The van der Waals surface area contributed by atoms with Crippen LogP contribution in [0.25, 0.3) is 6.08 Å². The summed E-state index contributed by atoms with van der Waals surface area (Å²) in [5, 5.41) is 11.4. The summed E-state index contributed by atoms with van der Waals surface area (Å²) in [7, 11) is 3.28. The van der Waals surface area contributed by atoms with Gasteiger partial charge >= 0.3 is 0 Å². The highest BCUT2D eigenvalue weighted by Gasteiger charge is 2.49. The predicted molar refractivity (Wildman–Crippen MR) is 121 cm³/mol. The van der Waals surface area contributed by atoms with Crippen molar-refractivity contribution in [1.82, 2.24) is 4.90 Å². The molecule has 2 aliphatic rings. The van der Waals surface area contributed by atoms with Crippen LogP contribution >= 0.6 is 0 Å². The van der Waals surface area contributed by atoms with Gasteiger partial charge in [0.1, 0.15) is 11.5 Å². The van der Waals surface area contributed by atoms with Crippen molar-refractivity contribution in [2.24, 2.45) is 5.92 Å². The first kappa shape index (κ1) is 21.4. The first-order valence-electron chi connectivity index (χ1n) is 11.0. The SMILES string of the molecule is COc1ccc(/C=C/C(=O)N2CC[C@]3(O)CCCC[C@@H]3[C@H]2c2ccc(OC)cc2)cc1. The monoisotopic (exact) mass is 421 g/mol. The number of ether oxygens (including phenoxy) is 2. The van der Waals surface area contributed by atoms with E-state index in [0.29, 0.717) is 13.0 Å². The number of likely N-dealkylation sites (tertiary alicyclic amines) is 1. The molecule has 0 unspecified atom stereocenters. The van der Waals surface area contributed by atoms with Crippen molar-refractivity contribution in [3.8, 4) is 11.5 Å². The second-order valence-corrected chi connectivity index (χ2v) is 8.56. The van der Waals surface area contributed by atoms with E-state index in [0.717, 1.165) is 48.3 Å². The number of methoxy groups -OCH3 is 2. The molecule has 1 saturated carbocycles. The molecule has 0 radical (unpaired) electrons. The normalized spacial score (nSPS) is 25.8. The van der Waals surface area contributed by atoms with E-state index in [9.17, 15) is 9.90 Å². The molecule has 5 heteroatoms. The molecule has 0 aromatic heterocycles. The first-order chi connectivity index (χ1) is 15.0. The maximum Gasteiger partial charge on any atom is 0.247 e. The third kappa shape index (κ3) is 4.47. The first-order valence-corrected chi connectivity index (χ1v) is 11.0. The van der Waals surface area contributed by atoms with Crippen molar-refractivity contribution in [2.45, 2.75) is 43.7 Å². The smallest absolute Gasteiger partial charge is 0.247 e. The minimum atomic E-state index is -0.695. The number of piperidine rings is 1. The number of hydrogen-bond acceptors (Lipinski definition) is 4. The van der Waals surface area contributed by atoms with Gasteiger partial charge in [0.25, 0.3) is 0 Å². The Hall–Kier alpha value is -2.79. The largest absolute Gasteiger partial charge is 0.497 e. The summed E-state index contributed by atoms with van der Waals surface area (Å²) in [5.74, 6) is 1.59. The molecule has 1 aliphatic heterocycles. The lowest BCUT2D eigenvalue weighted by molar-refractivity contribution is -0.150. The Morgan fingerprint density at radius 1 is 1.00 bits per heavy atom. The summed E-state index contributed by atoms with van der Waals surface area (Å²) >= 11 is 0. The highest BCUT2D eigenvalue weighted by atomic mass is 16.5. The van der Waals surface area contributed by atoms with Crippen LogP contribution in [0.3, 0.4) is 0 Å². The number of rotatable bonds is 5. The molecule has 2 aromatic carbocycles. The van der Waals surface area contributed by atoms with E-state index in [1.807, 2.05) is 59.5 Å². The molecule has 1 saturated heterocycles. The zero-order valence-corrected chi connectivity index (χ0v) is 18.3. The fourth-order valence-corrected chi connectivity index (χ4v) is 5.12. The molecule has 1 amide bonds. The Kier molecular flexibility index (Phi) is 6.33. The second-order valence-electron chi connectivity index (χ2n) is 8.56. The quantitative estimate of drug-likeness (QED) is 0.716. The topological polar surface area (TPSA) is 59.0 Å². The molecule has 2 fully saturated rings. The second kappa shape index (κ2) is 9.15. The maximum absolute atomic E-state index is 13.3. The van der Waals surface area contributed by atoms with Crippen molar-refractivity contribution in [2.75, 3.05) is 20.8 Å². The summed E-state index contributed by atoms with van der Waals surface area (Å²) in [6.07, 6.45) is 8.00. The number of carbonyl (C=O) groups is 1. The number of carbonyl (C=O) groups excluding carboxylic acids is 1. The number of benzene rings is 2. The Balaban J connectivity index is 1.61. The predicted octanol–water partition coefficient (Wildman–Crippen LogP) is 4.61. The molecule has 0 bridgehead atoms. The molecule has 164 valence electrons. The number of amides is 1. The van der Waals surface area contributed by atoms with Crippen molar-refractivity contribution in [3.63, 3.8) is 0 Å². The Bertz CT molecular complexity index is 921. The number of nitrogens with zero attached hydrogens (tertiary/aromatic N) is 1. The average Bonchev–Trinajstić information content (AvgIpc) is 2.82. The zero-order valence-electron chi connectivity index (χ0n) is 18.3. The summed E-state index contributed by atoms with van der Waals surface area (Å²) in [6, 6.07) is 15.4. The standard InChI is InChI=1S/C26H31NO4/c1-30-21-11-6-19(7-12-21)8-15-24(28)27-18-17-26(29)16-4-3-5-23(26)25(27)20-9-13-22(31-2)14-10-20/h6-15,23,25,29H,3-5,16-18H2,1-2H3/b15-8+/t23-,25-,26-/m1/s1.